The van der Waals surface area contributed by atoms with Crippen molar-refractivity contribution in [3.8, 4) is 0 Å². The molecule has 1 aliphatic heterocycles. The van der Waals surface area contributed by atoms with Gasteiger partial charge in [-0.3, -0.25) is 4.99 Å². The van der Waals surface area contributed by atoms with Gasteiger partial charge >= 0.3 is 0 Å². The molecule has 3 heteroatoms. The lowest BCUT2D eigenvalue weighted by atomic mass is 10.0. The Kier molecular flexibility index (Phi) is 14.6. The Labute approximate surface area is 163 Å². The molecule has 1 rings (SSSR count). The normalized spacial score (nSPS) is 16.7. The smallest absolute Gasteiger partial charge is 0.0854 e. The fraction of sp³-hybridized carbons (Fsp3) is 0.870. The summed E-state index contributed by atoms with van der Waals surface area (Å²) in [7, 11) is 0. The average molecular weight is 365 g/mol. The Morgan fingerprint density at radius 3 is 2.04 bits per heavy atom. The number of unbranched alkanes of at least 4 members (excludes halogenated alkanes) is 11. The molecule has 0 aromatic carbocycles. The average Bonchev–Trinajstić information content (AvgIpc) is 3.15. The monoisotopic (exact) mass is 364 g/mol. The maximum Gasteiger partial charge on any atom is 0.0854 e. The van der Waals surface area contributed by atoms with Crippen LogP contribution in [0.2, 0.25) is 0 Å². The van der Waals surface area contributed by atoms with E-state index in [0.717, 1.165) is 19.5 Å². The van der Waals surface area contributed by atoms with Gasteiger partial charge in [0.05, 0.1) is 25.0 Å². The fourth-order valence-electron chi connectivity index (χ4n) is 3.75. The molecule has 0 aromatic rings. The van der Waals surface area contributed by atoms with Gasteiger partial charge in [0.25, 0.3) is 0 Å². The minimum absolute atomic E-state index is 0.256. The minimum atomic E-state index is -0.267. The third-order valence-electron chi connectivity index (χ3n) is 5.46. The Hall–Kier alpha value is -0.830. The third kappa shape index (κ3) is 11.7. The summed E-state index contributed by atoms with van der Waals surface area (Å²) in [4.78, 5) is 6.49. The Morgan fingerprint density at radius 2 is 1.50 bits per heavy atom. The van der Waals surface area contributed by atoms with Gasteiger partial charge in [0.2, 0.25) is 0 Å². The van der Waals surface area contributed by atoms with Crippen LogP contribution < -0.4 is 0 Å². The van der Waals surface area contributed by atoms with Crippen molar-refractivity contribution in [2.45, 2.75) is 116 Å². The summed E-state index contributed by atoms with van der Waals surface area (Å²) in [6, 6.07) is 0.256. The van der Waals surface area contributed by atoms with Crippen LogP contribution in [0.1, 0.15) is 104 Å². The molecule has 0 saturated heterocycles. The largest absolute Gasteiger partial charge is 0.391 e. The van der Waals surface area contributed by atoms with Crippen molar-refractivity contribution in [3.63, 3.8) is 0 Å². The molecule has 0 fully saturated rings. The van der Waals surface area contributed by atoms with E-state index in [0.29, 0.717) is 0 Å². The van der Waals surface area contributed by atoms with E-state index in [1.54, 1.807) is 0 Å². The molecule has 0 bridgehead atoms. The van der Waals surface area contributed by atoms with E-state index in [1.807, 2.05) is 13.3 Å². The van der Waals surface area contributed by atoms with Gasteiger partial charge in [0, 0.05) is 6.54 Å². The first-order chi connectivity index (χ1) is 12.8. The second-order valence-electron chi connectivity index (χ2n) is 7.94. The van der Waals surface area contributed by atoms with E-state index in [4.69, 9.17) is 0 Å². The number of aliphatic imine (C=N–C) groups is 1. The number of rotatable bonds is 17. The molecule has 0 radical (unpaired) electrons. The number of hydrogen-bond acceptors (Lipinski definition) is 3. The molecule has 26 heavy (non-hydrogen) atoms. The van der Waals surface area contributed by atoms with Gasteiger partial charge in [-0.25, -0.2) is 0 Å². The molecule has 2 unspecified atom stereocenters. The highest BCUT2D eigenvalue weighted by Gasteiger charge is 2.22. The van der Waals surface area contributed by atoms with Crippen LogP contribution in [-0.2, 0) is 0 Å². The van der Waals surface area contributed by atoms with Crippen LogP contribution in [0.25, 0.3) is 0 Å². The predicted molar refractivity (Wildman–Crippen MR) is 115 cm³/mol. The molecular weight excluding hydrogens is 320 g/mol. The van der Waals surface area contributed by atoms with E-state index in [2.05, 4.69) is 29.0 Å². The number of hydrogen-bond donors (Lipinski definition) is 1. The maximum absolute atomic E-state index is 9.98. The highest BCUT2D eigenvalue weighted by Crippen LogP contribution is 2.16. The summed E-state index contributed by atoms with van der Waals surface area (Å²) < 4.78 is 0. The van der Waals surface area contributed by atoms with Gasteiger partial charge in [-0.05, 0) is 39.0 Å². The van der Waals surface area contributed by atoms with Crippen LogP contribution in [0.3, 0.4) is 0 Å². The van der Waals surface area contributed by atoms with Crippen LogP contribution in [0, 0.1) is 0 Å². The molecule has 1 N–H and O–H groups in total. The maximum atomic E-state index is 9.98. The number of allylic oxidation sites excluding steroid dienone is 2. The van der Waals surface area contributed by atoms with Crippen molar-refractivity contribution in [1.29, 1.82) is 0 Å². The standard InChI is InChI=1S/C23H44N2O/c1-3-4-5-6-7-8-9-10-11-12-13-14-15-16-17-18-23(22(2)26)25-20-19-24-21-25/h10-11,21-23,26H,3-9,12-20H2,1-2H3/b11-10-. The number of nitrogens with zero attached hydrogens (tertiary/aromatic N) is 2. The van der Waals surface area contributed by atoms with Crippen LogP contribution in [0.5, 0.6) is 0 Å². The molecule has 0 spiro atoms. The third-order valence-corrected chi connectivity index (χ3v) is 5.46. The van der Waals surface area contributed by atoms with Gasteiger partial charge < -0.3 is 10.0 Å². The zero-order valence-electron chi connectivity index (χ0n) is 17.5. The molecular formula is C23H44N2O. The second kappa shape index (κ2) is 16.4. The molecule has 0 aromatic heterocycles. The van der Waals surface area contributed by atoms with Crippen molar-refractivity contribution < 1.29 is 5.11 Å². The zero-order valence-corrected chi connectivity index (χ0v) is 17.5. The summed E-state index contributed by atoms with van der Waals surface area (Å²) in [6.45, 7) is 6.05. The van der Waals surface area contributed by atoms with Crippen molar-refractivity contribution in [2.24, 2.45) is 4.99 Å². The van der Waals surface area contributed by atoms with Crippen molar-refractivity contribution in [2.75, 3.05) is 13.1 Å². The number of aliphatic hydroxyl groups is 1. The molecule has 3 nitrogen and oxygen atoms in total. The van der Waals surface area contributed by atoms with E-state index in [-0.39, 0.29) is 12.1 Å². The molecule has 0 amide bonds. The summed E-state index contributed by atoms with van der Waals surface area (Å²) in [5.41, 5.74) is 0. The molecule has 2 atom stereocenters. The molecule has 1 heterocycles. The van der Waals surface area contributed by atoms with Gasteiger partial charge in [-0.2, -0.15) is 0 Å². The topological polar surface area (TPSA) is 35.8 Å². The summed E-state index contributed by atoms with van der Waals surface area (Å²) >= 11 is 0. The Morgan fingerprint density at radius 1 is 0.923 bits per heavy atom. The van der Waals surface area contributed by atoms with Crippen molar-refractivity contribution in [1.82, 2.24) is 4.90 Å². The van der Waals surface area contributed by atoms with Crippen LogP contribution in [-0.4, -0.2) is 41.6 Å². The first-order valence-corrected chi connectivity index (χ1v) is 11.3. The highest BCUT2D eigenvalue weighted by atomic mass is 16.3. The Bertz CT molecular complexity index is 365. The van der Waals surface area contributed by atoms with Gasteiger partial charge in [-0.1, -0.05) is 76.9 Å². The van der Waals surface area contributed by atoms with Crippen LogP contribution in [0.4, 0.5) is 0 Å². The lowest BCUT2D eigenvalue weighted by Gasteiger charge is -2.29. The lowest BCUT2D eigenvalue weighted by molar-refractivity contribution is 0.0984. The lowest BCUT2D eigenvalue weighted by Crippen LogP contribution is -2.40. The molecule has 0 aliphatic carbocycles. The quantitative estimate of drug-likeness (QED) is 0.249. The first-order valence-electron chi connectivity index (χ1n) is 11.3. The second-order valence-corrected chi connectivity index (χ2v) is 7.94. The van der Waals surface area contributed by atoms with E-state index in [9.17, 15) is 5.11 Å². The molecule has 1 aliphatic rings. The van der Waals surface area contributed by atoms with E-state index >= 15 is 0 Å². The highest BCUT2D eigenvalue weighted by molar-refractivity contribution is 5.57. The van der Waals surface area contributed by atoms with Gasteiger partial charge in [0.15, 0.2) is 0 Å². The summed E-state index contributed by atoms with van der Waals surface area (Å²) in [6.07, 6.45) is 24.9. The molecule has 0 saturated carbocycles. The Balaban J connectivity index is 1.88. The zero-order chi connectivity index (χ0) is 18.9. The summed E-state index contributed by atoms with van der Waals surface area (Å²) in [5, 5.41) is 9.98. The van der Waals surface area contributed by atoms with Gasteiger partial charge in [0.1, 0.15) is 0 Å². The fourth-order valence-corrected chi connectivity index (χ4v) is 3.75. The predicted octanol–water partition coefficient (Wildman–Crippen LogP) is 6.12. The van der Waals surface area contributed by atoms with Gasteiger partial charge in [-0.15, -0.1) is 0 Å². The van der Waals surface area contributed by atoms with E-state index in [1.165, 1.54) is 83.5 Å². The van der Waals surface area contributed by atoms with Crippen molar-refractivity contribution >= 4 is 6.34 Å². The minimum Gasteiger partial charge on any atom is -0.391 e. The molecule has 152 valence electrons. The van der Waals surface area contributed by atoms with Crippen molar-refractivity contribution in [3.05, 3.63) is 12.2 Å². The van der Waals surface area contributed by atoms with Crippen LogP contribution >= 0.6 is 0 Å². The SMILES string of the molecule is CCCCCCCC/C=C\CCCCCCCC(C(C)O)N1C=NCC1. The van der Waals surface area contributed by atoms with E-state index < -0.39 is 0 Å². The first kappa shape index (κ1) is 23.2. The summed E-state index contributed by atoms with van der Waals surface area (Å²) in [5.74, 6) is 0. The number of aliphatic hydroxyl groups excluding tert-OH is 1. The van der Waals surface area contributed by atoms with Crippen LogP contribution in [0.15, 0.2) is 17.1 Å².